The van der Waals surface area contributed by atoms with Gasteiger partial charge in [0.05, 0.1) is 15.8 Å². The molecule has 7 heteroatoms. The molecule has 0 heterocycles. The standard InChI is InChI=1S/C26H20O5S2/c27-20-11-13-21(14-12-20)31-26(28)19-33(29,30)25-17-15-24(16-18-25)32(22-7-3-1-4-8-22)23-9-5-2-6-10-23/h1-18H,19H2/p+1. The summed E-state index contributed by atoms with van der Waals surface area (Å²) in [5.41, 5.74) is 0. The molecule has 0 fully saturated rings. The SMILES string of the molecule is O=C(CS(=O)(=O)c1ccc([S+](c2ccccc2)c2ccccc2)cc1)Oc1ccc(O)cc1. The lowest BCUT2D eigenvalue weighted by molar-refractivity contribution is -0.131. The van der Waals surface area contributed by atoms with Crippen LogP contribution in [0.4, 0.5) is 0 Å². The molecule has 0 unspecified atom stereocenters. The fraction of sp³-hybridized carbons (Fsp3) is 0.0385. The maximum atomic E-state index is 12.8. The Balaban J connectivity index is 1.55. The molecule has 4 aromatic carbocycles. The molecule has 5 nitrogen and oxygen atoms in total. The van der Waals surface area contributed by atoms with Gasteiger partial charge in [-0.2, -0.15) is 0 Å². The van der Waals surface area contributed by atoms with Gasteiger partial charge in [-0.1, -0.05) is 36.4 Å². The fourth-order valence-corrected chi connectivity index (χ4v) is 6.39. The molecule has 33 heavy (non-hydrogen) atoms. The van der Waals surface area contributed by atoms with Crippen LogP contribution in [0.15, 0.2) is 129 Å². The summed E-state index contributed by atoms with van der Waals surface area (Å²) in [6, 6.07) is 32.2. The first-order valence-electron chi connectivity index (χ1n) is 10.1. The van der Waals surface area contributed by atoms with Crippen molar-refractivity contribution in [1.82, 2.24) is 0 Å². The van der Waals surface area contributed by atoms with Gasteiger partial charge in [0.1, 0.15) is 11.5 Å². The van der Waals surface area contributed by atoms with Gasteiger partial charge in [0.15, 0.2) is 30.3 Å². The molecule has 0 aliphatic heterocycles. The van der Waals surface area contributed by atoms with E-state index in [1.165, 1.54) is 36.4 Å². The number of carbonyl (C=O) groups excluding carboxylic acids is 1. The van der Waals surface area contributed by atoms with Crippen molar-refractivity contribution in [1.29, 1.82) is 0 Å². The van der Waals surface area contributed by atoms with E-state index in [1.54, 1.807) is 12.1 Å². The van der Waals surface area contributed by atoms with Gasteiger partial charge >= 0.3 is 5.97 Å². The number of rotatable bonds is 7. The Morgan fingerprint density at radius 1 is 0.697 bits per heavy atom. The number of aromatic hydroxyl groups is 1. The van der Waals surface area contributed by atoms with Gasteiger partial charge < -0.3 is 9.84 Å². The summed E-state index contributed by atoms with van der Waals surface area (Å²) < 4.78 is 30.6. The third-order valence-corrected chi connectivity index (χ3v) is 8.59. The van der Waals surface area contributed by atoms with E-state index in [2.05, 4.69) is 24.3 Å². The Morgan fingerprint density at radius 3 is 1.70 bits per heavy atom. The van der Waals surface area contributed by atoms with E-state index in [4.69, 9.17) is 4.74 Å². The largest absolute Gasteiger partial charge is 0.508 e. The molecule has 166 valence electrons. The van der Waals surface area contributed by atoms with Crippen LogP contribution in [0.5, 0.6) is 11.5 Å². The fourth-order valence-electron chi connectivity index (χ4n) is 3.22. The lowest BCUT2D eigenvalue weighted by Gasteiger charge is -2.09. The van der Waals surface area contributed by atoms with Gasteiger partial charge in [0.25, 0.3) is 0 Å². The van der Waals surface area contributed by atoms with Gasteiger partial charge in [-0.05, 0) is 72.8 Å². The van der Waals surface area contributed by atoms with Crippen molar-refractivity contribution in [3.05, 3.63) is 109 Å². The molecule has 4 aromatic rings. The van der Waals surface area contributed by atoms with Crippen LogP contribution < -0.4 is 4.74 Å². The first kappa shape index (κ1) is 22.6. The molecular weight excluding hydrogens is 456 g/mol. The summed E-state index contributed by atoms with van der Waals surface area (Å²) in [6.07, 6.45) is 0. The molecule has 0 saturated heterocycles. The molecular formula is C26H21O5S2+. The van der Waals surface area contributed by atoms with E-state index < -0.39 is 32.5 Å². The van der Waals surface area contributed by atoms with Crippen molar-refractivity contribution in [2.45, 2.75) is 19.6 Å². The minimum absolute atomic E-state index is 0.0209. The van der Waals surface area contributed by atoms with Gasteiger partial charge in [-0.25, -0.2) is 8.42 Å². The van der Waals surface area contributed by atoms with E-state index in [1.807, 2.05) is 36.4 Å². The maximum Gasteiger partial charge on any atom is 0.326 e. The number of hydrogen-bond donors (Lipinski definition) is 1. The highest BCUT2D eigenvalue weighted by Crippen LogP contribution is 2.31. The van der Waals surface area contributed by atoms with Crippen molar-refractivity contribution in [3.8, 4) is 11.5 Å². The topological polar surface area (TPSA) is 80.7 Å². The molecule has 0 radical (unpaired) electrons. The van der Waals surface area contributed by atoms with Crippen LogP contribution in [0.25, 0.3) is 0 Å². The average Bonchev–Trinajstić information content (AvgIpc) is 2.82. The van der Waals surface area contributed by atoms with Crippen LogP contribution in [0.3, 0.4) is 0 Å². The summed E-state index contributed by atoms with van der Waals surface area (Å²) >= 11 is 0. The van der Waals surface area contributed by atoms with Crippen LogP contribution in [0, 0.1) is 0 Å². The van der Waals surface area contributed by atoms with Crippen molar-refractivity contribution >= 4 is 26.7 Å². The monoisotopic (exact) mass is 477 g/mol. The van der Waals surface area contributed by atoms with Crippen LogP contribution in [0.2, 0.25) is 0 Å². The predicted octanol–water partition coefficient (Wildman–Crippen LogP) is 4.87. The number of hydrogen-bond acceptors (Lipinski definition) is 5. The highest BCUT2D eigenvalue weighted by Gasteiger charge is 2.29. The smallest absolute Gasteiger partial charge is 0.326 e. The molecule has 0 atom stereocenters. The Morgan fingerprint density at radius 2 is 1.18 bits per heavy atom. The van der Waals surface area contributed by atoms with Crippen molar-refractivity contribution in [3.63, 3.8) is 0 Å². The number of carbonyl (C=O) groups is 1. The zero-order chi connectivity index (χ0) is 23.3. The lowest BCUT2D eigenvalue weighted by atomic mass is 10.3. The molecule has 0 saturated carbocycles. The minimum atomic E-state index is -3.88. The molecule has 0 amide bonds. The highest BCUT2D eigenvalue weighted by atomic mass is 32.2. The first-order valence-corrected chi connectivity index (χ1v) is 13.0. The zero-order valence-electron chi connectivity index (χ0n) is 17.5. The Bertz CT molecular complexity index is 1280. The molecule has 0 aliphatic carbocycles. The third kappa shape index (κ3) is 5.63. The van der Waals surface area contributed by atoms with Crippen molar-refractivity contribution < 1.29 is 23.1 Å². The Hall–Kier alpha value is -3.55. The number of phenols is 1. The van der Waals surface area contributed by atoms with Gasteiger partial charge in [-0.15, -0.1) is 0 Å². The van der Waals surface area contributed by atoms with E-state index in [0.29, 0.717) is 0 Å². The summed E-state index contributed by atoms with van der Waals surface area (Å²) in [5, 5.41) is 9.30. The van der Waals surface area contributed by atoms with E-state index >= 15 is 0 Å². The summed E-state index contributed by atoms with van der Waals surface area (Å²) in [5.74, 6) is -1.49. The van der Waals surface area contributed by atoms with Gasteiger partial charge in [-0.3, -0.25) is 4.79 Å². The lowest BCUT2D eigenvalue weighted by Crippen LogP contribution is -2.21. The Labute approximate surface area is 195 Å². The number of esters is 1. The normalized spacial score (nSPS) is 11.3. The second-order valence-electron chi connectivity index (χ2n) is 7.13. The van der Waals surface area contributed by atoms with Crippen molar-refractivity contribution in [2.24, 2.45) is 0 Å². The Kier molecular flexibility index (Phi) is 6.82. The molecule has 0 bridgehead atoms. The molecule has 0 aliphatic rings. The second-order valence-corrected chi connectivity index (χ2v) is 11.1. The third-order valence-electron chi connectivity index (χ3n) is 4.75. The van der Waals surface area contributed by atoms with Gasteiger partial charge in [0.2, 0.25) is 0 Å². The molecule has 1 N–H and O–H groups in total. The first-order chi connectivity index (χ1) is 15.9. The summed E-state index contributed by atoms with van der Waals surface area (Å²) in [4.78, 5) is 15.4. The second kappa shape index (κ2) is 9.94. The van der Waals surface area contributed by atoms with Crippen molar-refractivity contribution in [2.75, 3.05) is 5.75 Å². The van der Waals surface area contributed by atoms with Crippen LogP contribution in [-0.4, -0.2) is 25.2 Å². The van der Waals surface area contributed by atoms with Gasteiger partial charge in [0, 0.05) is 0 Å². The molecule has 0 spiro atoms. The van der Waals surface area contributed by atoms with Crippen LogP contribution in [-0.2, 0) is 25.5 Å². The number of ether oxygens (including phenoxy) is 1. The molecule has 0 aromatic heterocycles. The molecule has 4 rings (SSSR count). The van der Waals surface area contributed by atoms with Crippen LogP contribution >= 0.6 is 0 Å². The predicted molar refractivity (Wildman–Crippen MR) is 127 cm³/mol. The quantitative estimate of drug-likeness (QED) is 0.233. The number of benzene rings is 4. The summed E-state index contributed by atoms with van der Waals surface area (Å²) in [7, 11) is -4.28. The number of sulfone groups is 1. The summed E-state index contributed by atoms with van der Waals surface area (Å²) in [6.45, 7) is 0. The maximum absolute atomic E-state index is 12.8. The van der Waals surface area contributed by atoms with E-state index in [0.717, 1.165) is 14.7 Å². The van der Waals surface area contributed by atoms with E-state index in [-0.39, 0.29) is 16.4 Å². The number of phenolic OH excluding ortho intramolecular Hbond substituents is 1. The highest BCUT2D eigenvalue weighted by molar-refractivity contribution is 7.97. The zero-order valence-corrected chi connectivity index (χ0v) is 19.1. The minimum Gasteiger partial charge on any atom is -0.508 e. The van der Waals surface area contributed by atoms with Crippen LogP contribution in [0.1, 0.15) is 0 Å². The average molecular weight is 478 g/mol. The van der Waals surface area contributed by atoms with E-state index in [9.17, 15) is 18.3 Å².